The normalized spacial score (nSPS) is 10.6. The summed E-state index contributed by atoms with van der Waals surface area (Å²) in [5.74, 6) is 0.0712. The molecule has 0 bridgehead atoms. The molecule has 4 rings (SSSR count). The molecule has 4 heteroatoms. The zero-order valence-electron chi connectivity index (χ0n) is 17.2. The first-order valence-electron chi connectivity index (χ1n) is 10.4. The highest BCUT2D eigenvalue weighted by Crippen LogP contribution is 2.09. The minimum Gasteiger partial charge on any atom is -0.289 e. The molecule has 31 heavy (non-hydrogen) atoms. The van der Waals surface area contributed by atoms with Crippen molar-refractivity contribution in [3.05, 3.63) is 132 Å². The van der Waals surface area contributed by atoms with Gasteiger partial charge in [0.25, 0.3) is 0 Å². The topological polar surface area (TPSA) is 41.9 Å². The average Bonchev–Trinajstić information content (AvgIpc) is 2.85. The summed E-state index contributed by atoms with van der Waals surface area (Å²) in [7, 11) is 0. The molecular formula is C27H24N2O2+2. The molecule has 0 unspecified atom stereocenters. The molecule has 0 saturated heterocycles. The summed E-state index contributed by atoms with van der Waals surface area (Å²) in [5.41, 5.74) is 2.78. The van der Waals surface area contributed by atoms with Crippen LogP contribution in [0.2, 0.25) is 0 Å². The largest absolute Gasteiger partial charge is 0.289 e. The summed E-state index contributed by atoms with van der Waals surface area (Å²) in [5, 5.41) is 0. The Morgan fingerprint density at radius 1 is 0.484 bits per heavy atom. The lowest BCUT2D eigenvalue weighted by atomic mass is 10.0. The maximum atomic E-state index is 12.5. The molecule has 0 N–H and O–H groups in total. The van der Waals surface area contributed by atoms with Crippen molar-refractivity contribution in [3.63, 3.8) is 0 Å². The maximum Gasteiger partial charge on any atom is 0.193 e. The minimum atomic E-state index is 0.0356. The van der Waals surface area contributed by atoms with Crippen molar-refractivity contribution in [1.82, 2.24) is 0 Å². The first-order chi connectivity index (χ1) is 15.2. The highest BCUT2D eigenvalue weighted by Gasteiger charge is 2.12. The van der Waals surface area contributed by atoms with E-state index < -0.39 is 0 Å². The lowest BCUT2D eigenvalue weighted by Crippen LogP contribution is -2.38. The number of carbonyl (C=O) groups is 2. The predicted molar refractivity (Wildman–Crippen MR) is 118 cm³/mol. The van der Waals surface area contributed by atoms with Gasteiger partial charge in [-0.25, -0.2) is 9.13 Å². The molecule has 0 atom stereocenters. The van der Waals surface area contributed by atoms with Crippen LogP contribution in [0.4, 0.5) is 0 Å². The van der Waals surface area contributed by atoms with Crippen molar-refractivity contribution in [3.8, 4) is 0 Å². The lowest BCUT2D eigenvalue weighted by molar-refractivity contribution is -0.726. The van der Waals surface area contributed by atoms with Crippen molar-refractivity contribution >= 4 is 11.6 Å². The Balaban J connectivity index is 1.30. The van der Waals surface area contributed by atoms with Crippen molar-refractivity contribution in [1.29, 1.82) is 0 Å². The zero-order chi connectivity index (χ0) is 21.5. The van der Waals surface area contributed by atoms with Crippen LogP contribution < -0.4 is 9.13 Å². The summed E-state index contributed by atoms with van der Waals surface area (Å²) in [6, 6.07) is 26.1. The van der Waals surface area contributed by atoms with Crippen LogP contribution in [-0.4, -0.2) is 11.6 Å². The van der Waals surface area contributed by atoms with Gasteiger partial charge in [-0.1, -0.05) is 60.7 Å². The number of carbonyl (C=O) groups excluding carboxylic acids is 2. The molecule has 0 radical (unpaired) electrons. The lowest BCUT2D eigenvalue weighted by Gasteiger charge is -2.02. The third kappa shape index (κ3) is 5.17. The van der Waals surface area contributed by atoms with Gasteiger partial charge in [0.1, 0.15) is 0 Å². The number of aromatic nitrogens is 2. The Hall–Kier alpha value is -3.92. The molecular weight excluding hydrogens is 384 g/mol. The summed E-state index contributed by atoms with van der Waals surface area (Å²) >= 11 is 0. The van der Waals surface area contributed by atoms with E-state index in [2.05, 4.69) is 9.13 Å². The van der Waals surface area contributed by atoms with Crippen LogP contribution in [0.15, 0.2) is 110 Å². The number of hydrogen-bond donors (Lipinski definition) is 0. The molecule has 2 heterocycles. The monoisotopic (exact) mass is 408 g/mol. The van der Waals surface area contributed by atoms with Crippen LogP contribution in [0.1, 0.15) is 38.3 Å². The second kappa shape index (κ2) is 9.72. The summed E-state index contributed by atoms with van der Waals surface area (Å²) in [4.78, 5) is 25.0. The fourth-order valence-electron chi connectivity index (χ4n) is 3.46. The van der Waals surface area contributed by atoms with Gasteiger partial charge in [-0.15, -0.1) is 0 Å². The average molecular weight is 409 g/mol. The number of pyridine rings is 2. The highest BCUT2D eigenvalue weighted by molar-refractivity contribution is 6.09. The molecule has 0 aliphatic rings. The van der Waals surface area contributed by atoms with E-state index in [1.807, 2.05) is 110 Å². The van der Waals surface area contributed by atoms with Gasteiger partial charge >= 0.3 is 0 Å². The van der Waals surface area contributed by atoms with Crippen molar-refractivity contribution in [2.75, 3.05) is 0 Å². The molecule has 0 amide bonds. The Bertz CT molecular complexity index is 1060. The third-order valence-corrected chi connectivity index (χ3v) is 5.21. The Morgan fingerprint density at radius 2 is 0.806 bits per heavy atom. The molecule has 2 aromatic heterocycles. The Labute approximate surface area is 182 Å². The van der Waals surface area contributed by atoms with E-state index in [1.54, 1.807) is 0 Å². The van der Waals surface area contributed by atoms with Gasteiger partial charge in [0, 0.05) is 46.5 Å². The Morgan fingerprint density at radius 3 is 1.16 bits per heavy atom. The van der Waals surface area contributed by atoms with Gasteiger partial charge in [0.05, 0.1) is 6.42 Å². The van der Waals surface area contributed by atoms with Gasteiger partial charge in [0.2, 0.25) is 0 Å². The van der Waals surface area contributed by atoms with E-state index in [0.717, 1.165) is 19.5 Å². The third-order valence-electron chi connectivity index (χ3n) is 5.21. The summed E-state index contributed by atoms with van der Waals surface area (Å²) in [6.07, 6.45) is 8.73. The van der Waals surface area contributed by atoms with Crippen LogP contribution in [0, 0.1) is 0 Å². The first kappa shape index (κ1) is 20.4. The number of rotatable bonds is 8. The van der Waals surface area contributed by atoms with Crippen molar-refractivity contribution in [2.45, 2.75) is 19.5 Å². The number of aryl methyl sites for hydroxylation is 2. The van der Waals surface area contributed by atoms with Crippen LogP contribution >= 0.6 is 0 Å². The van der Waals surface area contributed by atoms with Crippen LogP contribution in [-0.2, 0) is 13.1 Å². The molecule has 0 fully saturated rings. The fraction of sp³-hybridized carbons (Fsp3) is 0.111. The number of nitrogens with zero attached hydrogens (tertiary/aromatic N) is 2. The van der Waals surface area contributed by atoms with Gasteiger partial charge in [-0.3, -0.25) is 9.59 Å². The van der Waals surface area contributed by atoms with E-state index in [-0.39, 0.29) is 11.6 Å². The zero-order valence-corrected chi connectivity index (χ0v) is 17.2. The summed E-state index contributed by atoms with van der Waals surface area (Å²) < 4.78 is 4.16. The van der Waals surface area contributed by atoms with E-state index >= 15 is 0 Å². The molecule has 152 valence electrons. The van der Waals surface area contributed by atoms with E-state index in [0.29, 0.717) is 22.3 Å². The molecule has 4 nitrogen and oxygen atoms in total. The SMILES string of the molecule is O=C(c1ccccc1)c1cc[n+](CCC[n+]2ccc(C(=O)c3ccccc3)cc2)cc1. The number of hydrogen-bond acceptors (Lipinski definition) is 2. The quantitative estimate of drug-likeness (QED) is 0.329. The molecule has 0 aliphatic carbocycles. The Kier molecular flexibility index (Phi) is 6.38. The molecule has 0 saturated carbocycles. The second-order valence-corrected chi connectivity index (χ2v) is 7.39. The number of ketones is 2. The fourth-order valence-corrected chi connectivity index (χ4v) is 3.46. The molecule has 0 spiro atoms. The van der Waals surface area contributed by atoms with E-state index in [9.17, 15) is 9.59 Å². The smallest absolute Gasteiger partial charge is 0.193 e. The first-order valence-corrected chi connectivity index (χ1v) is 10.4. The van der Waals surface area contributed by atoms with E-state index in [1.165, 1.54) is 0 Å². The van der Waals surface area contributed by atoms with Gasteiger partial charge in [-0.2, -0.15) is 0 Å². The second-order valence-electron chi connectivity index (χ2n) is 7.39. The van der Waals surface area contributed by atoms with Crippen molar-refractivity contribution < 1.29 is 18.7 Å². The summed E-state index contributed by atoms with van der Waals surface area (Å²) in [6.45, 7) is 1.69. The van der Waals surface area contributed by atoms with Gasteiger partial charge < -0.3 is 0 Å². The van der Waals surface area contributed by atoms with Crippen molar-refractivity contribution in [2.24, 2.45) is 0 Å². The van der Waals surface area contributed by atoms with Crippen LogP contribution in [0.3, 0.4) is 0 Å². The van der Waals surface area contributed by atoms with Gasteiger partial charge in [-0.05, 0) is 0 Å². The van der Waals surface area contributed by atoms with Gasteiger partial charge in [0.15, 0.2) is 49.4 Å². The minimum absolute atomic E-state index is 0.0356. The predicted octanol–water partition coefficient (Wildman–Crippen LogP) is 3.81. The standard InChI is InChI=1S/C27H24N2O2/c30-26(22-8-3-1-4-9-22)24-12-18-28(19-13-24)16-7-17-29-20-14-25(15-21-29)27(31)23-10-5-2-6-11-23/h1-6,8-15,18-21H,7,16-17H2/q+2. The highest BCUT2D eigenvalue weighted by atomic mass is 16.1. The number of benzene rings is 2. The molecule has 4 aromatic rings. The maximum absolute atomic E-state index is 12.5. The van der Waals surface area contributed by atoms with Crippen LogP contribution in [0.25, 0.3) is 0 Å². The molecule has 2 aromatic carbocycles. The van der Waals surface area contributed by atoms with E-state index in [4.69, 9.17) is 0 Å². The molecule has 0 aliphatic heterocycles. The van der Waals surface area contributed by atoms with Crippen LogP contribution in [0.5, 0.6) is 0 Å².